The lowest BCUT2D eigenvalue weighted by molar-refractivity contribution is -0.112. The van der Waals surface area contributed by atoms with Gasteiger partial charge in [-0.1, -0.05) is 50.6 Å². The third kappa shape index (κ3) is 7.37. The van der Waals surface area contributed by atoms with E-state index in [0.29, 0.717) is 22.7 Å². The molecule has 3 rings (SSSR count). The Morgan fingerprint density at radius 3 is 2.41 bits per heavy atom. The standard InChI is InChI=1S/C27H35N3O3S/c1-4-6-15-30(16-7-5-2)17-14-28-26(31)21-10-13-24-23(19-21)29-27(32)25(34-24)18-20-8-11-22(33-3)12-9-20/h8-13,18-19H,4-7,14-17H2,1-3H3,(H,28,31)(H,29,32). The highest BCUT2D eigenvalue weighted by Crippen LogP contribution is 2.39. The van der Waals surface area contributed by atoms with Crippen LogP contribution in [0.5, 0.6) is 5.75 Å². The Morgan fingerprint density at radius 2 is 1.76 bits per heavy atom. The van der Waals surface area contributed by atoms with E-state index in [1.165, 1.54) is 37.4 Å². The van der Waals surface area contributed by atoms with Crippen LogP contribution in [0.2, 0.25) is 0 Å². The minimum atomic E-state index is -0.173. The number of ether oxygens (including phenoxy) is 1. The van der Waals surface area contributed by atoms with Crippen molar-refractivity contribution in [2.45, 2.75) is 44.4 Å². The van der Waals surface area contributed by atoms with Gasteiger partial charge >= 0.3 is 0 Å². The Hall–Kier alpha value is -2.77. The molecule has 1 aliphatic rings. The van der Waals surface area contributed by atoms with Crippen molar-refractivity contribution in [1.82, 2.24) is 10.2 Å². The summed E-state index contributed by atoms with van der Waals surface area (Å²) in [5.74, 6) is 0.481. The first kappa shape index (κ1) is 25.8. The fraction of sp³-hybridized carbons (Fsp3) is 0.407. The number of nitrogens with one attached hydrogen (secondary N) is 2. The van der Waals surface area contributed by atoms with Crippen molar-refractivity contribution in [3.8, 4) is 5.75 Å². The average molecular weight is 482 g/mol. The molecule has 0 aromatic heterocycles. The maximum Gasteiger partial charge on any atom is 0.262 e. The van der Waals surface area contributed by atoms with Gasteiger partial charge < -0.3 is 20.3 Å². The molecule has 2 aromatic rings. The number of thioether (sulfide) groups is 1. The summed E-state index contributed by atoms with van der Waals surface area (Å²) in [4.78, 5) is 29.3. The van der Waals surface area contributed by atoms with Gasteiger partial charge in [-0.2, -0.15) is 0 Å². The minimum Gasteiger partial charge on any atom is -0.497 e. The van der Waals surface area contributed by atoms with Crippen molar-refractivity contribution in [3.05, 3.63) is 58.5 Å². The third-order valence-corrected chi connectivity index (χ3v) is 6.82. The second-order valence-corrected chi connectivity index (χ2v) is 9.44. The van der Waals surface area contributed by atoms with Crippen LogP contribution < -0.4 is 15.4 Å². The lowest BCUT2D eigenvalue weighted by atomic mass is 10.1. The summed E-state index contributed by atoms with van der Waals surface area (Å²) in [6, 6.07) is 13.0. The molecule has 1 heterocycles. The van der Waals surface area contributed by atoms with Gasteiger partial charge in [0, 0.05) is 23.5 Å². The van der Waals surface area contributed by atoms with Crippen molar-refractivity contribution in [3.63, 3.8) is 0 Å². The first-order valence-corrected chi connectivity index (χ1v) is 12.8. The van der Waals surface area contributed by atoms with Crippen LogP contribution in [0.3, 0.4) is 0 Å². The fourth-order valence-electron chi connectivity index (χ4n) is 3.68. The highest BCUT2D eigenvalue weighted by atomic mass is 32.2. The molecule has 1 aliphatic heterocycles. The molecular weight excluding hydrogens is 446 g/mol. The number of carbonyl (C=O) groups is 2. The van der Waals surface area contributed by atoms with Crippen LogP contribution in [-0.2, 0) is 4.79 Å². The summed E-state index contributed by atoms with van der Waals surface area (Å²) in [6.07, 6.45) is 6.55. The van der Waals surface area contributed by atoms with Crippen LogP contribution in [0, 0.1) is 0 Å². The first-order valence-electron chi connectivity index (χ1n) is 12.0. The van der Waals surface area contributed by atoms with Crippen molar-refractivity contribution < 1.29 is 14.3 Å². The van der Waals surface area contributed by atoms with E-state index in [1.54, 1.807) is 13.2 Å². The largest absolute Gasteiger partial charge is 0.497 e. The first-order chi connectivity index (χ1) is 16.5. The molecule has 6 nitrogen and oxygen atoms in total. The van der Waals surface area contributed by atoms with E-state index in [4.69, 9.17) is 4.74 Å². The molecule has 7 heteroatoms. The molecular formula is C27H35N3O3S. The molecule has 182 valence electrons. The second kappa shape index (κ2) is 13.2. The monoisotopic (exact) mass is 481 g/mol. The van der Waals surface area contributed by atoms with E-state index >= 15 is 0 Å². The van der Waals surface area contributed by atoms with Gasteiger partial charge in [-0.25, -0.2) is 0 Å². The topological polar surface area (TPSA) is 70.7 Å². The highest BCUT2D eigenvalue weighted by molar-refractivity contribution is 8.04. The Bertz CT molecular complexity index is 997. The number of fused-ring (bicyclic) bond motifs is 1. The molecule has 0 atom stereocenters. The Kier molecular flexibility index (Phi) is 10.0. The quantitative estimate of drug-likeness (QED) is 0.397. The van der Waals surface area contributed by atoms with E-state index in [0.717, 1.165) is 35.8 Å². The van der Waals surface area contributed by atoms with Crippen molar-refractivity contribution in [2.75, 3.05) is 38.6 Å². The highest BCUT2D eigenvalue weighted by Gasteiger charge is 2.22. The van der Waals surface area contributed by atoms with Crippen LogP contribution in [-0.4, -0.2) is 50.0 Å². The second-order valence-electron chi connectivity index (χ2n) is 8.35. The van der Waals surface area contributed by atoms with Crippen molar-refractivity contribution in [1.29, 1.82) is 0 Å². The van der Waals surface area contributed by atoms with Crippen LogP contribution in [0.15, 0.2) is 52.3 Å². The van der Waals surface area contributed by atoms with Gasteiger partial charge in [0.25, 0.3) is 11.8 Å². The normalized spacial score (nSPS) is 14.1. The summed E-state index contributed by atoms with van der Waals surface area (Å²) in [5.41, 5.74) is 2.14. The van der Waals surface area contributed by atoms with E-state index in [9.17, 15) is 9.59 Å². The van der Waals surface area contributed by atoms with Gasteiger partial charge in [0.05, 0.1) is 17.7 Å². The van der Waals surface area contributed by atoms with Crippen molar-refractivity contribution in [2.24, 2.45) is 0 Å². The van der Waals surface area contributed by atoms with E-state index in [-0.39, 0.29) is 11.8 Å². The number of hydrogen-bond acceptors (Lipinski definition) is 5. The van der Waals surface area contributed by atoms with Crippen LogP contribution >= 0.6 is 11.8 Å². The van der Waals surface area contributed by atoms with Gasteiger partial charge in [-0.05, 0) is 67.9 Å². The van der Waals surface area contributed by atoms with Crippen LogP contribution in [0.25, 0.3) is 6.08 Å². The number of anilines is 1. The van der Waals surface area contributed by atoms with Crippen LogP contribution in [0.1, 0.15) is 55.5 Å². The smallest absolute Gasteiger partial charge is 0.262 e. The van der Waals surface area contributed by atoms with Gasteiger partial charge in [0.2, 0.25) is 0 Å². The molecule has 0 saturated heterocycles. The Morgan fingerprint density at radius 1 is 1.06 bits per heavy atom. The number of carbonyl (C=O) groups excluding carboxylic acids is 2. The molecule has 0 saturated carbocycles. The number of unbranched alkanes of at least 4 members (excludes halogenated alkanes) is 2. The molecule has 0 aliphatic carbocycles. The number of nitrogens with zero attached hydrogens (tertiary/aromatic N) is 1. The minimum absolute atomic E-state index is 0.118. The number of amides is 2. The number of benzene rings is 2. The number of methoxy groups -OCH3 is 1. The van der Waals surface area contributed by atoms with E-state index in [2.05, 4.69) is 29.4 Å². The number of hydrogen-bond donors (Lipinski definition) is 2. The van der Waals surface area contributed by atoms with Crippen molar-refractivity contribution >= 4 is 35.3 Å². The predicted molar refractivity (Wildman–Crippen MR) is 140 cm³/mol. The zero-order valence-electron chi connectivity index (χ0n) is 20.4. The summed E-state index contributed by atoms with van der Waals surface area (Å²) in [6.45, 7) is 8.00. The molecule has 2 amide bonds. The maximum absolute atomic E-state index is 12.7. The fourth-order valence-corrected chi connectivity index (χ4v) is 4.61. The molecule has 2 N–H and O–H groups in total. The van der Waals surface area contributed by atoms with Gasteiger partial charge in [0.1, 0.15) is 5.75 Å². The predicted octanol–water partition coefficient (Wildman–Crippen LogP) is 5.41. The van der Waals surface area contributed by atoms with E-state index < -0.39 is 0 Å². The Labute approximate surface area is 207 Å². The van der Waals surface area contributed by atoms with Crippen LogP contribution in [0.4, 0.5) is 5.69 Å². The summed E-state index contributed by atoms with van der Waals surface area (Å²) < 4.78 is 5.18. The van der Waals surface area contributed by atoms with Gasteiger partial charge in [-0.3, -0.25) is 9.59 Å². The Balaban J connectivity index is 1.59. The molecule has 0 fully saturated rings. The molecule has 0 bridgehead atoms. The zero-order chi connectivity index (χ0) is 24.3. The van der Waals surface area contributed by atoms with E-state index in [1.807, 2.05) is 42.5 Å². The lowest BCUT2D eigenvalue weighted by Crippen LogP contribution is -2.36. The molecule has 0 radical (unpaired) electrons. The van der Waals surface area contributed by atoms with Gasteiger partial charge in [0.15, 0.2) is 0 Å². The molecule has 0 unspecified atom stereocenters. The third-order valence-electron chi connectivity index (χ3n) is 5.72. The zero-order valence-corrected chi connectivity index (χ0v) is 21.2. The number of rotatable bonds is 12. The summed E-state index contributed by atoms with van der Waals surface area (Å²) in [7, 11) is 1.62. The van der Waals surface area contributed by atoms with Gasteiger partial charge in [-0.15, -0.1) is 0 Å². The summed E-state index contributed by atoms with van der Waals surface area (Å²) in [5, 5.41) is 5.96. The lowest BCUT2D eigenvalue weighted by Gasteiger charge is -2.22. The molecule has 2 aromatic carbocycles. The molecule has 0 spiro atoms. The molecule has 34 heavy (non-hydrogen) atoms. The maximum atomic E-state index is 12.7. The SMILES string of the molecule is CCCCN(CCCC)CCNC(=O)c1ccc2c(c1)NC(=O)C(=Cc1ccc(OC)cc1)S2. The summed E-state index contributed by atoms with van der Waals surface area (Å²) >= 11 is 1.41. The average Bonchev–Trinajstić information content (AvgIpc) is 2.85.